The van der Waals surface area contributed by atoms with Gasteiger partial charge in [-0.25, -0.2) is 0 Å². The van der Waals surface area contributed by atoms with Crippen LogP contribution in [0.25, 0.3) is 0 Å². The zero-order chi connectivity index (χ0) is 11.4. The molecule has 0 spiro atoms. The van der Waals surface area contributed by atoms with Gasteiger partial charge in [-0.05, 0) is 31.2 Å². The molecule has 0 atom stereocenters. The van der Waals surface area contributed by atoms with Gasteiger partial charge in [0, 0.05) is 24.3 Å². The number of hydrogen-bond acceptors (Lipinski definition) is 5. The van der Waals surface area contributed by atoms with Gasteiger partial charge in [-0.1, -0.05) is 5.16 Å². The van der Waals surface area contributed by atoms with Crippen molar-refractivity contribution < 1.29 is 4.52 Å². The molecule has 0 unspecified atom stereocenters. The maximum Gasteiger partial charge on any atom is 0.228 e. The minimum Gasteiger partial charge on any atom is -0.399 e. The van der Waals surface area contributed by atoms with Crippen molar-refractivity contribution in [3.05, 3.63) is 36.0 Å². The molecule has 0 bridgehead atoms. The van der Waals surface area contributed by atoms with Crippen LogP contribution in [0.3, 0.4) is 0 Å². The lowest BCUT2D eigenvalue weighted by Gasteiger charge is -2.04. The minimum absolute atomic E-state index is 0.653. The van der Waals surface area contributed by atoms with Gasteiger partial charge in [-0.3, -0.25) is 0 Å². The Balaban J connectivity index is 1.82. The van der Waals surface area contributed by atoms with Crippen LogP contribution in [-0.4, -0.2) is 16.7 Å². The second-order valence-corrected chi connectivity index (χ2v) is 3.53. The first-order valence-electron chi connectivity index (χ1n) is 5.12. The van der Waals surface area contributed by atoms with Gasteiger partial charge < -0.3 is 15.6 Å². The molecule has 0 saturated carbocycles. The summed E-state index contributed by atoms with van der Waals surface area (Å²) in [6.07, 6.45) is 0.714. The van der Waals surface area contributed by atoms with Crippen LogP contribution in [0.2, 0.25) is 0 Å². The molecule has 2 rings (SSSR count). The van der Waals surface area contributed by atoms with Gasteiger partial charge in [0.05, 0.1) is 0 Å². The monoisotopic (exact) mass is 218 g/mol. The van der Waals surface area contributed by atoms with E-state index in [1.807, 2.05) is 24.3 Å². The number of nitrogens with zero attached hydrogens (tertiary/aromatic N) is 2. The van der Waals surface area contributed by atoms with Crippen molar-refractivity contribution in [3.63, 3.8) is 0 Å². The molecule has 1 aromatic carbocycles. The number of benzene rings is 1. The molecule has 84 valence electrons. The van der Waals surface area contributed by atoms with E-state index in [0.717, 1.165) is 17.9 Å². The zero-order valence-electron chi connectivity index (χ0n) is 9.10. The number of aryl methyl sites for hydroxylation is 1. The molecule has 5 heteroatoms. The molecule has 0 saturated heterocycles. The van der Waals surface area contributed by atoms with Crippen LogP contribution in [0.4, 0.5) is 11.4 Å². The molecule has 3 N–H and O–H groups in total. The van der Waals surface area contributed by atoms with Gasteiger partial charge in [0.2, 0.25) is 5.89 Å². The van der Waals surface area contributed by atoms with E-state index in [-0.39, 0.29) is 0 Å². The quantitative estimate of drug-likeness (QED) is 0.762. The summed E-state index contributed by atoms with van der Waals surface area (Å²) < 4.78 is 5.00. The Morgan fingerprint density at radius 1 is 1.31 bits per heavy atom. The zero-order valence-corrected chi connectivity index (χ0v) is 9.10. The van der Waals surface area contributed by atoms with Crippen molar-refractivity contribution in [1.29, 1.82) is 0 Å². The van der Waals surface area contributed by atoms with Crippen LogP contribution in [0.1, 0.15) is 11.7 Å². The predicted octanol–water partition coefficient (Wildman–Crippen LogP) is 1.61. The van der Waals surface area contributed by atoms with Gasteiger partial charge in [0.25, 0.3) is 0 Å². The van der Waals surface area contributed by atoms with E-state index in [4.69, 9.17) is 10.3 Å². The standard InChI is InChI=1S/C11H14N4O/c1-8-14-11(16-15-8)6-7-13-10-4-2-9(12)3-5-10/h2-5,13H,6-7,12H2,1H3. The number of aromatic nitrogens is 2. The Morgan fingerprint density at radius 3 is 2.69 bits per heavy atom. The SMILES string of the molecule is Cc1noc(CCNc2ccc(N)cc2)n1. The van der Waals surface area contributed by atoms with Gasteiger partial charge in [0.1, 0.15) is 0 Å². The number of hydrogen-bond donors (Lipinski definition) is 2. The number of nitrogens with two attached hydrogens (primary N) is 1. The highest BCUT2D eigenvalue weighted by atomic mass is 16.5. The molecule has 1 aromatic heterocycles. The lowest BCUT2D eigenvalue weighted by Crippen LogP contribution is -2.05. The molecule has 0 aliphatic rings. The van der Waals surface area contributed by atoms with E-state index in [2.05, 4.69) is 15.5 Å². The summed E-state index contributed by atoms with van der Waals surface area (Å²) in [4.78, 5) is 4.12. The Kier molecular flexibility index (Phi) is 3.05. The summed E-state index contributed by atoms with van der Waals surface area (Å²) in [5.74, 6) is 1.32. The number of nitrogens with one attached hydrogen (secondary N) is 1. The molecule has 1 heterocycles. The smallest absolute Gasteiger partial charge is 0.228 e. The Labute approximate surface area is 93.7 Å². The first-order valence-corrected chi connectivity index (χ1v) is 5.12. The third kappa shape index (κ3) is 2.73. The second-order valence-electron chi connectivity index (χ2n) is 3.53. The Bertz CT molecular complexity index is 449. The fraction of sp³-hybridized carbons (Fsp3) is 0.273. The maximum absolute atomic E-state index is 5.59. The summed E-state index contributed by atoms with van der Waals surface area (Å²) in [5.41, 5.74) is 7.38. The normalized spacial score (nSPS) is 10.3. The fourth-order valence-corrected chi connectivity index (χ4v) is 1.36. The Morgan fingerprint density at radius 2 is 2.06 bits per heavy atom. The third-order valence-electron chi connectivity index (χ3n) is 2.15. The van der Waals surface area contributed by atoms with Crippen molar-refractivity contribution in [2.45, 2.75) is 13.3 Å². The minimum atomic E-state index is 0.653. The number of anilines is 2. The molecule has 0 aliphatic heterocycles. The van der Waals surface area contributed by atoms with Crippen LogP contribution in [0.5, 0.6) is 0 Å². The summed E-state index contributed by atoms with van der Waals surface area (Å²) in [7, 11) is 0. The molecule has 0 fully saturated rings. The van der Waals surface area contributed by atoms with Gasteiger partial charge in [-0.15, -0.1) is 0 Å². The van der Waals surface area contributed by atoms with Crippen molar-refractivity contribution in [3.8, 4) is 0 Å². The fourth-order valence-electron chi connectivity index (χ4n) is 1.36. The predicted molar refractivity (Wildman–Crippen MR) is 62.1 cm³/mol. The largest absolute Gasteiger partial charge is 0.399 e. The van der Waals surface area contributed by atoms with Crippen LogP contribution in [0.15, 0.2) is 28.8 Å². The van der Waals surface area contributed by atoms with Crippen molar-refractivity contribution in [1.82, 2.24) is 10.1 Å². The average molecular weight is 218 g/mol. The molecule has 2 aromatic rings. The van der Waals surface area contributed by atoms with Crippen LogP contribution < -0.4 is 11.1 Å². The van der Waals surface area contributed by atoms with E-state index in [9.17, 15) is 0 Å². The maximum atomic E-state index is 5.59. The topological polar surface area (TPSA) is 77.0 Å². The number of nitrogen functional groups attached to an aromatic ring is 1. The van der Waals surface area contributed by atoms with E-state index in [1.54, 1.807) is 6.92 Å². The van der Waals surface area contributed by atoms with Crippen molar-refractivity contribution in [2.24, 2.45) is 0 Å². The highest BCUT2D eigenvalue weighted by molar-refractivity contribution is 5.51. The van der Waals surface area contributed by atoms with Crippen molar-refractivity contribution in [2.75, 3.05) is 17.6 Å². The van der Waals surface area contributed by atoms with Crippen LogP contribution in [0, 0.1) is 6.92 Å². The lowest BCUT2D eigenvalue weighted by atomic mass is 10.3. The number of rotatable bonds is 4. The van der Waals surface area contributed by atoms with Crippen molar-refractivity contribution >= 4 is 11.4 Å². The Hall–Kier alpha value is -2.04. The first kappa shape index (κ1) is 10.5. The summed E-state index contributed by atoms with van der Waals surface area (Å²) >= 11 is 0. The lowest BCUT2D eigenvalue weighted by molar-refractivity contribution is 0.377. The summed E-state index contributed by atoms with van der Waals surface area (Å²) in [6.45, 7) is 2.56. The molecule has 0 radical (unpaired) electrons. The van der Waals surface area contributed by atoms with Gasteiger partial charge in [0.15, 0.2) is 5.82 Å². The van der Waals surface area contributed by atoms with E-state index >= 15 is 0 Å². The molecule has 16 heavy (non-hydrogen) atoms. The van der Waals surface area contributed by atoms with E-state index < -0.39 is 0 Å². The van der Waals surface area contributed by atoms with Gasteiger partial charge in [-0.2, -0.15) is 4.98 Å². The van der Waals surface area contributed by atoms with Gasteiger partial charge >= 0.3 is 0 Å². The highest BCUT2D eigenvalue weighted by Gasteiger charge is 2.01. The molecular weight excluding hydrogens is 204 g/mol. The average Bonchev–Trinajstić information content (AvgIpc) is 2.67. The first-order chi connectivity index (χ1) is 7.74. The summed E-state index contributed by atoms with van der Waals surface area (Å²) in [5, 5.41) is 6.97. The summed E-state index contributed by atoms with van der Waals surface area (Å²) in [6, 6.07) is 7.60. The van der Waals surface area contributed by atoms with Crippen LogP contribution in [-0.2, 0) is 6.42 Å². The highest BCUT2D eigenvalue weighted by Crippen LogP contribution is 2.10. The van der Waals surface area contributed by atoms with Crippen LogP contribution >= 0.6 is 0 Å². The molecule has 5 nitrogen and oxygen atoms in total. The molecule has 0 aliphatic carbocycles. The molecule has 0 amide bonds. The third-order valence-corrected chi connectivity index (χ3v) is 2.15. The second kappa shape index (κ2) is 4.65. The van der Waals surface area contributed by atoms with E-state index in [1.165, 1.54) is 0 Å². The molecular formula is C11H14N4O. The van der Waals surface area contributed by atoms with E-state index in [0.29, 0.717) is 18.1 Å².